The van der Waals surface area contributed by atoms with Crippen LogP contribution >= 0.6 is 11.6 Å². The largest absolute Gasteiger partial charge is 0.497 e. The summed E-state index contributed by atoms with van der Waals surface area (Å²) in [6, 6.07) is 10.3. The van der Waals surface area contributed by atoms with E-state index >= 15 is 0 Å². The molecule has 2 rings (SSSR count). The molecule has 0 saturated heterocycles. The van der Waals surface area contributed by atoms with Crippen molar-refractivity contribution in [2.24, 2.45) is 0 Å². The van der Waals surface area contributed by atoms with Crippen LogP contribution in [0.5, 0.6) is 11.5 Å². The highest BCUT2D eigenvalue weighted by Gasteiger charge is 2.14. The van der Waals surface area contributed by atoms with E-state index in [9.17, 15) is 20.2 Å². The Bertz CT molecular complexity index is 984. The van der Waals surface area contributed by atoms with Gasteiger partial charge in [0.2, 0.25) is 0 Å². The average Bonchev–Trinajstić information content (AvgIpc) is 2.69. The molecule has 0 aromatic heterocycles. The second-order valence-corrected chi connectivity index (χ2v) is 5.66. The molecule has 0 unspecified atom stereocenters. The van der Waals surface area contributed by atoms with Gasteiger partial charge in [-0.15, -0.1) is 0 Å². The van der Waals surface area contributed by atoms with Crippen LogP contribution in [-0.2, 0) is 4.79 Å². The number of methoxy groups -OCH3 is 2. The zero-order valence-corrected chi connectivity index (χ0v) is 15.6. The van der Waals surface area contributed by atoms with Crippen molar-refractivity contribution in [1.29, 1.82) is 5.26 Å². The summed E-state index contributed by atoms with van der Waals surface area (Å²) in [4.78, 5) is 22.7. The third-order valence-corrected chi connectivity index (χ3v) is 3.88. The first-order valence-corrected chi connectivity index (χ1v) is 8.11. The Morgan fingerprint density at radius 1 is 1.21 bits per heavy atom. The summed E-state index contributed by atoms with van der Waals surface area (Å²) in [5.74, 6) is 0.143. The van der Waals surface area contributed by atoms with Crippen LogP contribution in [0.2, 0.25) is 5.02 Å². The maximum atomic E-state index is 12.4. The lowest BCUT2D eigenvalue weighted by Crippen LogP contribution is -2.15. The maximum Gasteiger partial charge on any atom is 0.271 e. The molecule has 0 saturated carbocycles. The van der Waals surface area contributed by atoms with Gasteiger partial charge in [0.25, 0.3) is 11.6 Å². The second kappa shape index (κ2) is 9.25. The van der Waals surface area contributed by atoms with Crippen molar-refractivity contribution in [3.63, 3.8) is 0 Å². The number of nitro groups is 1. The van der Waals surface area contributed by atoms with Gasteiger partial charge in [-0.25, -0.2) is 0 Å². The molecular formula is C18H15ClN4O5. The Morgan fingerprint density at radius 2 is 1.96 bits per heavy atom. The number of amides is 1. The Morgan fingerprint density at radius 3 is 2.57 bits per heavy atom. The lowest BCUT2D eigenvalue weighted by molar-refractivity contribution is -0.384. The third kappa shape index (κ3) is 4.90. The quantitative estimate of drug-likeness (QED) is 0.312. The monoisotopic (exact) mass is 402 g/mol. The van der Waals surface area contributed by atoms with E-state index in [2.05, 4.69) is 10.6 Å². The van der Waals surface area contributed by atoms with Gasteiger partial charge in [0.05, 0.1) is 35.5 Å². The Hall–Kier alpha value is -3.77. The molecule has 1 amide bonds. The highest BCUT2D eigenvalue weighted by molar-refractivity contribution is 6.33. The molecule has 0 aliphatic carbocycles. The minimum atomic E-state index is -0.719. The van der Waals surface area contributed by atoms with Gasteiger partial charge in [-0.2, -0.15) is 5.26 Å². The molecule has 0 fully saturated rings. The van der Waals surface area contributed by atoms with Crippen molar-refractivity contribution in [3.8, 4) is 17.6 Å². The van der Waals surface area contributed by atoms with Crippen molar-refractivity contribution >= 4 is 34.6 Å². The van der Waals surface area contributed by atoms with Crippen LogP contribution in [0, 0.1) is 21.4 Å². The van der Waals surface area contributed by atoms with Crippen molar-refractivity contribution in [2.45, 2.75) is 0 Å². The molecule has 0 atom stereocenters. The minimum Gasteiger partial charge on any atom is -0.497 e. The molecule has 0 aliphatic heterocycles. The van der Waals surface area contributed by atoms with Crippen LogP contribution < -0.4 is 20.1 Å². The van der Waals surface area contributed by atoms with Crippen LogP contribution in [0.4, 0.5) is 17.1 Å². The van der Waals surface area contributed by atoms with Crippen molar-refractivity contribution < 1.29 is 19.2 Å². The zero-order chi connectivity index (χ0) is 20.7. The van der Waals surface area contributed by atoms with Crippen LogP contribution in [0.3, 0.4) is 0 Å². The van der Waals surface area contributed by atoms with Crippen molar-refractivity contribution in [1.82, 2.24) is 0 Å². The number of halogens is 1. The number of hydrogen-bond acceptors (Lipinski definition) is 7. The highest BCUT2D eigenvalue weighted by Crippen LogP contribution is 2.29. The molecule has 2 aromatic carbocycles. The first-order chi connectivity index (χ1) is 13.4. The molecule has 9 nitrogen and oxygen atoms in total. The standard InChI is InChI=1S/C18H15ClN4O5/c1-27-13-4-6-17(28-2)16(8-13)22-18(24)11(9-20)10-21-15-7-12(23(25)26)3-5-14(15)19/h3-8,10,21H,1-2H3,(H,22,24)/b11-10-. The summed E-state index contributed by atoms with van der Waals surface area (Å²) in [7, 11) is 2.91. The Labute approximate surface area is 165 Å². The van der Waals surface area contributed by atoms with Crippen LogP contribution in [0.25, 0.3) is 0 Å². The molecule has 10 heteroatoms. The third-order valence-electron chi connectivity index (χ3n) is 3.55. The number of nitrogens with zero attached hydrogens (tertiary/aromatic N) is 2. The van der Waals surface area contributed by atoms with Crippen LogP contribution in [0.15, 0.2) is 48.2 Å². The minimum absolute atomic E-state index is 0.176. The summed E-state index contributed by atoms with van der Waals surface area (Å²) < 4.78 is 10.3. The topological polar surface area (TPSA) is 127 Å². The number of anilines is 2. The van der Waals surface area contributed by atoms with E-state index < -0.39 is 10.8 Å². The summed E-state index contributed by atoms with van der Waals surface area (Å²) in [5.41, 5.74) is 0.00795. The number of hydrogen-bond donors (Lipinski definition) is 2. The molecule has 0 aliphatic rings. The first kappa shape index (κ1) is 20.5. The molecule has 0 bridgehead atoms. The number of nitriles is 1. The van der Waals surface area contributed by atoms with E-state index in [1.54, 1.807) is 18.2 Å². The van der Waals surface area contributed by atoms with Gasteiger partial charge in [-0.05, 0) is 18.2 Å². The van der Waals surface area contributed by atoms with Gasteiger partial charge < -0.3 is 20.1 Å². The second-order valence-electron chi connectivity index (χ2n) is 5.26. The van der Waals surface area contributed by atoms with Crippen molar-refractivity contribution in [2.75, 3.05) is 24.9 Å². The van der Waals surface area contributed by atoms with E-state index in [0.717, 1.165) is 6.20 Å². The lowest BCUT2D eigenvalue weighted by atomic mass is 10.2. The fraction of sp³-hybridized carbons (Fsp3) is 0.111. The predicted octanol–water partition coefficient (Wildman–Crippen LogP) is 3.72. The Kier molecular flexibility index (Phi) is 6.79. The lowest BCUT2D eigenvalue weighted by Gasteiger charge is -2.11. The van der Waals surface area contributed by atoms with Gasteiger partial charge in [0.15, 0.2) is 0 Å². The summed E-state index contributed by atoms with van der Waals surface area (Å²) in [6.45, 7) is 0. The van der Waals surface area contributed by atoms with Gasteiger partial charge in [0, 0.05) is 24.4 Å². The van der Waals surface area contributed by atoms with Gasteiger partial charge in [-0.3, -0.25) is 14.9 Å². The van der Waals surface area contributed by atoms with Crippen LogP contribution in [0.1, 0.15) is 0 Å². The van der Waals surface area contributed by atoms with E-state index in [4.69, 9.17) is 21.1 Å². The van der Waals surface area contributed by atoms with Crippen LogP contribution in [-0.4, -0.2) is 25.1 Å². The fourth-order valence-electron chi connectivity index (χ4n) is 2.14. The molecule has 0 spiro atoms. The van der Waals surface area contributed by atoms with E-state index in [-0.39, 0.29) is 22.0 Å². The molecule has 144 valence electrons. The molecule has 2 aromatic rings. The maximum absolute atomic E-state index is 12.4. The number of carbonyl (C=O) groups is 1. The summed E-state index contributed by atoms with van der Waals surface area (Å²) in [6.07, 6.45) is 1.10. The number of rotatable bonds is 7. The number of benzene rings is 2. The zero-order valence-electron chi connectivity index (χ0n) is 14.9. The van der Waals surface area contributed by atoms with Gasteiger partial charge in [-0.1, -0.05) is 11.6 Å². The molecule has 0 heterocycles. The average molecular weight is 403 g/mol. The van der Waals surface area contributed by atoms with Gasteiger partial charge in [0.1, 0.15) is 23.1 Å². The molecular weight excluding hydrogens is 388 g/mol. The normalized spacial score (nSPS) is 10.6. The number of nitrogens with one attached hydrogen (secondary N) is 2. The van der Waals surface area contributed by atoms with E-state index in [0.29, 0.717) is 17.2 Å². The number of nitro benzene ring substituents is 1. The molecule has 2 N–H and O–H groups in total. The summed E-state index contributed by atoms with van der Waals surface area (Å²) >= 11 is 5.98. The highest BCUT2D eigenvalue weighted by atomic mass is 35.5. The first-order valence-electron chi connectivity index (χ1n) is 7.73. The number of non-ortho nitro benzene ring substituents is 1. The SMILES string of the molecule is COc1ccc(OC)c(NC(=O)/C(C#N)=C\Nc2cc([N+](=O)[O-])ccc2Cl)c1. The molecule has 28 heavy (non-hydrogen) atoms. The van der Waals surface area contributed by atoms with Gasteiger partial charge >= 0.3 is 0 Å². The van der Waals surface area contributed by atoms with E-state index in [1.165, 1.54) is 38.5 Å². The predicted molar refractivity (Wildman–Crippen MR) is 104 cm³/mol. The van der Waals surface area contributed by atoms with E-state index in [1.807, 2.05) is 0 Å². The fourth-order valence-corrected chi connectivity index (χ4v) is 2.31. The van der Waals surface area contributed by atoms with Crippen molar-refractivity contribution in [3.05, 3.63) is 63.3 Å². The number of ether oxygens (including phenoxy) is 2. The smallest absolute Gasteiger partial charge is 0.271 e. The summed E-state index contributed by atoms with van der Waals surface area (Å²) in [5, 5.41) is 25.5. The molecule has 0 radical (unpaired) electrons. The number of carbonyl (C=O) groups excluding carboxylic acids is 1. The Balaban J connectivity index is 2.24.